The number of nitrogens with one attached hydrogen (secondary N) is 2. The number of imide groups is 1. The lowest BCUT2D eigenvalue weighted by atomic mass is 9.89. The fourth-order valence-electron chi connectivity index (χ4n) is 4.22. The van der Waals surface area contributed by atoms with E-state index in [1.54, 1.807) is 11.0 Å². The van der Waals surface area contributed by atoms with Crippen LogP contribution in [0.3, 0.4) is 0 Å². The first-order valence-electron chi connectivity index (χ1n) is 10.2. The number of amides is 4. The van der Waals surface area contributed by atoms with Crippen LogP contribution >= 0.6 is 11.6 Å². The molecule has 1 aromatic carbocycles. The van der Waals surface area contributed by atoms with Crippen LogP contribution in [0.25, 0.3) is 0 Å². The fraction of sp³-hybridized carbons (Fsp3) is 0.381. The number of piperazine rings is 1. The van der Waals surface area contributed by atoms with Gasteiger partial charge in [0.1, 0.15) is 5.82 Å². The fourth-order valence-corrected chi connectivity index (χ4v) is 4.44. The molecule has 9 nitrogen and oxygen atoms in total. The smallest absolute Gasteiger partial charge is 0.322 e. The number of hydrogen-bond donors (Lipinski definition) is 2. The molecule has 2 aliphatic rings. The normalized spacial score (nSPS) is 23.2. The quantitative estimate of drug-likeness (QED) is 0.659. The monoisotopic (exact) mass is 460 g/mol. The number of carbonyl (C=O) groups excluding carboxylic acids is 3. The first-order chi connectivity index (χ1) is 15.3. The number of nitrogens with zero attached hydrogens (tertiary/aromatic N) is 4. The first-order valence-corrected chi connectivity index (χ1v) is 10.6. The summed E-state index contributed by atoms with van der Waals surface area (Å²) in [7, 11) is 0. The lowest BCUT2D eigenvalue weighted by molar-refractivity contribution is -0.133. The van der Waals surface area contributed by atoms with Crippen molar-refractivity contribution in [2.75, 3.05) is 24.5 Å². The molecule has 2 N–H and O–H groups in total. The molecule has 2 aliphatic heterocycles. The third kappa shape index (κ3) is 4.22. The zero-order valence-electron chi connectivity index (χ0n) is 17.3. The van der Waals surface area contributed by atoms with E-state index in [1.165, 1.54) is 30.7 Å². The van der Waals surface area contributed by atoms with E-state index in [4.69, 9.17) is 11.6 Å². The summed E-state index contributed by atoms with van der Waals surface area (Å²) >= 11 is 5.98. The molecular formula is C21H22ClFN6O3. The number of carbonyl (C=O) groups is 3. The molecule has 1 aromatic heterocycles. The molecule has 0 aliphatic carbocycles. The SMILES string of the molecule is C[C@H]1CN(C(=O)CCC2(c3cnccn3)NC(=O)NC2=O)CCN1c1cc(F)cc(Cl)c1. The van der Waals surface area contributed by atoms with Crippen LogP contribution in [0.4, 0.5) is 14.9 Å². The summed E-state index contributed by atoms with van der Waals surface area (Å²) in [6.45, 7) is 3.33. The van der Waals surface area contributed by atoms with Crippen LogP contribution in [-0.4, -0.2) is 58.4 Å². The Hall–Kier alpha value is -3.27. The van der Waals surface area contributed by atoms with E-state index < -0.39 is 23.3 Å². The van der Waals surface area contributed by atoms with Crippen molar-refractivity contribution in [1.82, 2.24) is 25.5 Å². The molecule has 2 saturated heterocycles. The van der Waals surface area contributed by atoms with Crippen molar-refractivity contribution in [3.05, 3.63) is 53.3 Å². The molecule has 3 heterocycles. The average molecular weight is 461 g/mol. The van der Waals surface area contributed by atoms with E-state index in [-0.39, 0.29) is 30.5 Å². The maximum Gasteiger partial charge on any atom is 0.322 e. The molecule has 11 heteroatoms. The molecule has 0 spiro atoms. The lowest BCUT2D eigenvalue weighted by Crippen LogP contribution is -2.54. The van der Waals surface area contributed by atoms with Gasteiger partial charge in [-0.3, -0.25) is 24.9 Å². The largest absolute Gasteiger partial charge is 0.365 e. The van der Waals surface area contributed by atoms with Gasteiger partial charge < -0.3 is 15.1 Å². The molecule has 4 rings (SSSR count). The number of benzene rings is 1. The minimum absolute atomic E-state index is 0.0305. The molecule has 0 saturated carbocycles. The van der Waals surface area contributed by atoms with Crippen molar-refractivity contribution in [3.63, 3.8) is 0 Å². The highest BCUT2D eigenvalue weighted by atomic mass is 35.5. The Morgan fingerprint density at radius 3 is 2.72 bits per heavy atom. The van der Waals surface area contributed by atoms with Crippen LogP contribution < -0.4 is 15.5 Å². The van der Waals surface area contributed by atoms with Gasteiger partial charge in [0.05, 0.1) is 11.9 Å². The Balaban J connectivity index is 1.43. The third-order valence-corrected chi connectivity index (χ3v) is 6.03. The average Bonchev–Trinajstić information content (AvgIpc) is 3.05. The minimum Gasteiger partial charge on any atom is -0.365 e. The van der Waals surface area contributed by atoms with Crippen molar-refractivity contribution < 1.29 is 18.8 Å². The Kier molecular flexibility index (Phi) is 5.96. The van der Waals surface area contributed by atoms with Crippen LogP contribution in [0.15, 0.2) is 36.8 Å². The Morgan fingerprint density at radius 1 is 1.28 bits per heavy atom. The van der Waals surface area contributed by atoms with Crippen LogP contribution in [0.5, 0.6) is 0 Å². The van der Waals surface area contributed by atoms with Crippen molar-refractivity contribution in [2.45, 2.75) is 31.3 Å². The second-order valence-electron chi connectivity index (χ2n) is 7.91. The standard InChI is InChI=1S/C21H22ClFN6O3/c1-13-12-28(6-7-29(13)16-9-14(22)8-15(23)10-16)18(30)2-3-21(17-11-24-4-5-25-17)19(31)26-20(32)27-21/h4-5,8-11,13H,2-3,6-7,12H2,1H3,(H2,26,27,31,32)/t13-,21?/m0/s1. The predicted molar refractivity (Wildman–Crippen MR) is 114 cm³/mol. The number of halogens is 2. The topological polar surface area (TPSA) is 108 Å². The van der Waals surface area contributed by atoms with Crippen LogP contribution in [0, 0.1) is 5.82 Å². The molecule has 2 atom stereocenters. The highest BCUT2D eigenvalue weighted by Gasteiger charge is 2.49. The van der Waals surface area contributed by atoms with E-state index in [9.17, 15) is 18.8 Å². The summed E-state index contributed by atoms with van der Waals surface area (Å²) in [5, 5.41) is 5.15. The lowest BCUT2D eigenvalue weighted by Gasteiger charge is -2.41. The van der Waals surface area contributed by atoms with E-state index >= 15 is 0 Å². The van der Waals surface area contributed by atoms with E-state index in [0.29, 0.717) is 30.3 Å². The highest BCUT2D eigenvalue weighted by Crippen LogP contribution is 2.29. The molecular weight excluding hydrogens is 439 g/mol. The summed E-state index contributed by atoms with van der Waals surface area (Å²) in [5.41, 5.74) is -0.494. The molecule has 0 radical (unpaired) electrons. The van der Waals surface area contributed by atoms with E-state index in [1.807, 2.05) is 11.8 Å². The van der Waals surface area contributed by atoms with Gasteiger partial charge in [-0.15, -0.1) is 0 Å². The van der Waals surface area contributed by atoms with Crippen molar-refractivity contribution in [3.8, 4) is 0 Å². The van der Waals surface area contributed by atoms with Crippen molar-refractivity contribution >= 4 is 35.1 Å². The van der Waals surface area contributed by atoms with Crippen LogP contribution in [0.2, 0.25) is 5.02 Å². The summed E-state index contributed by atoms with van der Waals surface area (Å²) in [6.07, 6.45) is 4.37. The zero-order valence-corrected chi connectivity index (χ0v) is 18.1. The maximum atomic E-state index is 13.8. The summed E-state index contributed by atoms with van der Waals surface area (Å²) in [5.74, 6) is -1.12. The molecule has 0 bridgehead atoms. The number of hydrogen-bond acceptors (Lipinski definition) is 6. The highest BCUT2D eigenvalue weighted by molar-refractivity contribution is 6.30. The van der Waals surface area contributed by atoms with Gasteiger partial charge in [0, 0.05) is 55.2 Å². The Labute approximate surface area is 189 Å². The predicted octanol–water partition coefficient (Wildman–Crippen LogP) is 1.82. The van der Waals surface area contributed by atoms with Gasteiger partial charge in [-0.25, -0.2) is 9.18 Å². The Bertz CT molecular complexity index is 1030. The number of urea groups is 1. The molecule has 168 valence electrons. The van der Waals surface area contributed by atoms with Gasteiger partial charge in [0.15, 0.2) is 5.54 Å². The summed E-state index contributed by atoms with van der Waals surface area (Å²) < 4.78 is 13.8. The summed E-state index contributed by atoms with van der Waals surface area (Å²) in [4.78, 5) is 49.2. The van der Waals surface area contributed by atoms with Crippen LogP contribution in [-0.2, 0) is 15.1 Å². The number of anilines is 1. The van der Waals surface area contributed by atoms with Gasteiger partial charge in [-0.05, 0) is 31.5 Å². The third-order valence-electron chi connectivity index (χ3n) is 5.82. The van der Waals surface area contributed by atoms with Crippen molar-refractivity contribution in [1.29, 1.82) is 0 Å². The van der Waals surface area contributed by atoms with Gasteiger partial charge in [-0.2, -0.15) is 0 Å². The second kappa shape index (κ2) is 8.70. The van der Waals surface area contributed by atoms with Gasteiger partial charge in [0.2, 0.25) is 5.91 Å². The molecule has 32 heavy (non-hydrogen) atoms. The van der Waals surface area contributed by atoms with Gasteiger partial charge in [-0.1, -0.05) is 11.6 Å². The van der Waals surface area contributed by atoms with Crippen LogP contribution in [0.1, 0.15) is 25.5 Å². The minimum atomic E-state index is -1.44. The second-order valence-corrected chi connectivity index (χ2v) is 8.35. The maximum absolute atomic E-state index is 13.8. The van der Waals surface area contributed by atoms with E-state index in [2.05, 4.69) is 20.6 Å². The number of aromatic nitrogens is 2. The molecule has 2 aromatic rings. The molecule has 2 fully saturated rings. The van der Waals surface area contributed by atoms with E-state index in [0.717, 1.165) is 0 Å². The number of rotatable bonds is 5. The van der Waals surface area contributed by atoms with Gasteiger partial charge in [0.25, 0.3) is 5.91 Å². The first kappa shape index (κ1) is 21.9. The Morgan fingerprint density at radius 2 is 2.09 bits per heavy atom. The summed E-state index contributed by atoms with van der Waals surface area (Å²) in [6, 6.07) is 3.68. The van der Waals surface area contributed by atoms with Gasteiger partial charge >= 0.3 is 6.03 Å². The van der Waals surface area contributed by atoms with Crippen molar-refractivity contribution in [2.24, 2.45) is 0 Å². The zero-order chi connectivity index (χ0) is 22.9. The molecule has 1 unspecified atom stereocenters. The molecule has 4 amide bonds.